The zero-order valence-corrected chi connectivity index (χ0v) is 11.9. The predicted octanol–water partition coefficient (Wildman–Crippen LogP) is 0.213. The van der Waals surface area contributed by atoms with Gasteiger partial charge in [-0.05, 0) is 20.8 Å². The van der Waals surface area contributed by atoms with Crippen molar-refractivity contribution in [1.82, 2.24) is 15.5 Å². The summed E-state index contributed by atoms with van der Waals surface area (Å²) in [6.45, 7) is 12.4. The zero-order chi connectivity index (χ0) is 13.4. The summed E-state index contributed by atoms with van der Waals surface area (Å²) in [7, 11) is 0. The maximum Gasteiger partial charge on any atom is 0.221 e. The molecule has 18 heavy (non-hydrogen) atoms. The number of carbonyl (C=O) groups excluding carboxylic acids is 1. The Balaban J connectivity index is 1.96. The summed E-state index contributed by atoms with van der Waals surface area (Å²) in [6.07, 6.45) is 0.542. The summed E-state index contributed by atoms with van der Waals surface area (Å²) in [5.41, 5.74) is -0.134. The number of nitrogens with one attached hydrogen (secondary N) is 2. The molecule has 0 atom stereocenters. The Morgan fingerprint density at radius 2 is 1.89 bits per heavy atom. The molecule has 0 saturated carbocycles. The van der Waals surface area contributed by atoms with E-state index in [1.807, 2.05) is 20.8 Å². The SMILES string of the molecule is CC(C)(C)NC(=O)CCNCCN1CCOCC1. The molecule has 0 aromatic rings. The molecule has 1 rings (SSSR count). The van der Waals surface area contributed by atoms with Gasteiger partial charge in [-0.1, -0.05) is 0 Å². The summed E-state index contributed by atoms with van der Waals surface area (Å²) in [6, 6.07) is 0. The van der Waals surface area contributed by atoms with Crippen LogP contribution in [-0.2, 0) is 9.53 Å². The second kappa shape index (κ2) is 7.71. The Kier molecular flexibility index (Phi) is 6.60. The van der Waals surface area contributed by atoms with Crippen LogP contribution in [0, 0.1) is 0 Å². The van der Waals surface area contributed by atoms with Crippen LogP contribution in [0.15, 0.2) is 0 Å². The van der Waals surface area contributed by atoms with Gasteiger partial charge in [0.15, 0.2) is 0 Å². The Morgan fingerprint density at radius 1 is 1.22 bits per heavy atom. The van der Waals surface area contributed by atoms with Gasteiger partial charge >= 0.3 is 0 Å². The smallest absolute Gasteiger partial charge is 0.221 e. The van der Waals surface area contributed by atoms with E-state index in [1.165, 1.54) is 0 Å². The Labute approximate surface area is 110 Å². The summed E-state index contributed by atoms with van der Waals surface area (Å²) >= 11 is 0. The van der Waals surface area contributed by atoms with Crippen molar-refractivity contribution in [3.05, 3.63) is 0 Å². The van der Waals surface area contributed by atoms with E-state index in [-0.39, 0.29) is 11.4 Å². The van der Waals surface area contributed by atoms with Gasteiger partial charge in [0, 0.05) is 44.7 Å². The summed E-state index contributed by atoms with van der Waals surface area (Å²) < 4.78 is 5.29. The first-order valence-corrected chi connectivity index (χ1v) is 6.79. The summed E-state index contributed by atoms with van der Waals surface area (Å²) in [5, 5.41) is 6.26. The van der Waals surface area contributed by atoms with Crippen molar-refractivity contribution in [1.29, 1.82) is 0 Å². The molecule has 2 N–H and O–H groups in total. The monoisotopic (exact) mass is 257 g/mol. The third-order valence-corrected chi connectivity index (χ3v) is 2.75. The predicted molar refractivity (Wildman–Crippen MR) is 72.6 cm³/mol. The van der Waals surface area contributed by atoms with Gasteiger partial charge in [0.1, 0.15) is 0 Å². The molecule has 5 nitrogen and oxygen atoms in total. The Morgan fingerprint density at radius 3 is 2.50 bits per heavy atom. The molecule has 0 radical (unpaired) electrons. The van der Waals surface area contributed by atoms with Gasteiger partial charge in [-0.15, -0.1) is 0 Å². The number of hydrogen-bond acceptors (Lipinski definition) is 4. The highest BCUT2D eigenvalue weighted by molar-refractivity contribution is 5.76. The van der Waals surface area contributed by atoms with Crippen LogP contribution in [-0.4, -0.2) is 62.3 Å². The van der Waals surface area contributed by atoms with Gasteiger partial charge in [0.05, 0.1) is 13.2 Å². The van der Waals surface area contributed by atoms with Crippen LogP contribution < -0.4 is 10.6 Å². The van der Waals surface area contributed by atoms with Crippen molar-refractivity contribution < 1.29 is 9.53 Å². The molecule has 1 saturated heterocycles. The minimum Gasteiger partial charge on any atom is -0.379 e. The van der Waals surface area contributed by atoms with Crippen LogP contribution in [0.25, 0.3) is 0 Å². The molecule has 0 aliphatic carbocycles. The van der Waals surface area contributed by atoms with Crippen molar-refractivity contribution >= 4 is 5.91 Å². The number of nitrogens with zero attached hydrogens (tertiary/aromatic N) is 1. The highest BCUT2D eigenvalue weighted by Crippen LogP contribution is 1.98. The average Bonchev–Trinajstić information content (AvgIpc) is 2.27. The fraction of sp³-hybridized carbons (Fsp3) is 0.923. The van der Waals surface area contributed by atoms with E-state index in [9.17, 15) is 4.79 Å². The molecular formula is C13H27N3O2. The number of amides is 1. The van der Waals surface area contributed by atoms with Gasteiger partial charge in [-0.3, -0.25) is 9.69 Å². The van der Waals surface area contributed by atoms with Crippen LogP contribution in [0.5, 0.6) is 0 Å². The van der Waals surface area contributed by atoms with Gasteiger partial charge < -0.3 is 15.4 Å². The maximum absolute atomic E-state index is 11.5. The van der Waals surface area contributed by atoms with E-state index in [0.29, 0.717) is 6.42 Å². The standard InChI is InChI=1S/C13H27N3O2/c1-13(2,3)15-12(17)4-5-14-6-7-16-8-10-18-11-9-16/h14H,4-11H2,1-3H3,(H,15,17). The van der Waals surface area contributed by atoms with Gasteiger partial charge in [0.2, 0.25) is 5.91 Å². The lowest BCUT2D eigenvalue weighted by Gasteiger charge is -2.26. The van der Waals surface area contributed by atoms with E-state index in [2.05, 4.69) is 15.5 Å². The molecule has 5 heteroatoms. The Hall–Kier alpha value is -0.650. The molecule has 0 spiro atoms. The highest BCUT2D eigenvalue weighted by Gasteiger charge is 2.13. The van der Waals surface area contributed by atoms with Gasteiger partial charge in [-0.25, -0.2) is 0 Å². The molecule has 1 heterocycles. The van der Waals surface area contributed by atoms with Crippen LogP contribution in [0.2, 0.25) is 0 Å². The van der Waals surface area contributed by atoms with Crippen molar-refractivity contribution in [3.63, 3.8) is 0 Å². The lowest BCUT2D eigenvalue weighted by Crippen LogP contribution is -2.42. The van der Waals surface area contributed by atoms with Crippen molar-refractivity contribution in [2.75, 3.05) is 45.9 Å². The molecule has 0 aromatic heterocycles. The van der Waals surface area contributed by atoms with Crippen LogP contribution >= 0.6 is 0 Å². The van der Waals surface area contributed by atoms with Crippen molar-refractivity contribution in [3.8, 4) is 0 Å². The molecule has 1 aliphatic heterocycles. The second-order valence-corrected chi connectivity index (χ2v) is 5.75. The molecular weight excluding hydrogens is 230 g/mol. The van der Waals surface area contributed by atoms with E-state index in [4.69, 9.17) is 4.74 Å². The minimum absolute atomic E-state index is 0.112. The van der Waals surface area contributed by atoms with E-state index in [1.54, 1.807) is 0 Å². The minimum atomic E-state index is -0.134. The van der Waals surface area contributed by atoms with Crippen molar-refractivity contribution in [2.45, 2.75) is 32.7 Å². The molecule has 106 valence electrons. The van der Waals surface area contributed by atoms with Crippen LogP contribution in [0.3, 0.4) is 0 Å². The number of rotatable bonds is 6. The first kappa shape index (κ1) is 15.4. The number of carbonyl (C=O) groups is 1. The third kappa shape index (κ3) is 7.63. The normalized spacial score (nSPS) is 17.7. The summed E-state index contributed by atoms with van der Waals surface area (Å²) in [5.74, 6) is 0.112. The first-order chi connectivity index (χ1) is 8.47. The van der Waals surface area contributed by atoms with Crippen molar-refractivity contribution in [2.24, 2.45) is 0 Å². The molecule has 1 fully saturated rings. The fourth-order valence-electron chi connectivity index (χ4n) is 1.87. The topological polar surface area (TPSA) is 53.6 Å². The summed E-state index contributed by atoms with van der Waals surface area (Å²) in [4.78, 5) is 13.9. The highest BCUT2D eigenvalue weighted by atomic mass is 16.5. The fourth-order valence-corrected chi connectivity index (χ4v) is 1.87. The molecule has 0 bridgehead atoms. The van der Waals surface area contributed by atoms with Crippen LogP contribution in [0.4, 0.5) is 0 Å². The van der Waals surface area contributed by atoms with E-state index >= 15 is 0 Å². The largest absolute Gasteiger partial charge is 0.379 e. The van der Waals surface area contributed by atoms with Crippen LogP contribution in [0.1, 0.15) is 27.2 Å². The lowest BCUT2D eigenvalue weighted by atomic mass is 10.1. The van der Waals surface area contributed by atoms with Gasteiger partial charge in [-0.2, -0.15) is 0 Å². The molecule has 0 aromatic carbocycles. The molecule has 0 unspecified atom stereocenters. The van der Waals surface area contributed by atoms with E-state index < -0.39 is 0 Å². The zero-order valence-electron chi connectivity index (χ0n) is 11.9. The lowest BCUT2D eigenvalue weighted by molar-refractivity contribution is -0.122. The first-order valence-electron chi connectivity index (χ1n) is 6.79. The number of ether oxygens (including phenoxy) is 1. The third-order valence-electron chi connectivity index (χ3n) is 2.75. The number of hydrogen-bond donors (Lipinski definition) is 2. The Bertz CT molecular complexity index is 245. The van der Waals surface area contributed by atoms with E-state index in [0.717, 1.165) is 45.9 Å². The maximum atomic E-state index is 11.5. The molecule has 1 amide bonds. The van der Waals surface area contributed by atoms with Gasteiger partial charge in [0.25, 0.3) is 0 Å². The second-order valence-electron chi connectivity index (χ2n) is 5.75. The molecule has 1 aliphatic rings. The average molecular weight is 257 g/mol. The quantitative estimate of drug-likeness (QED) is 0.668. The number of morpholine rings is 1.